The van der Waals surface area contributed by atoms with E-state index in [1.807, 2.05) is 24.8 Å². The molecule has 0 saturated carbocycles. The van der Waals surface area contributed by atoms with Crippen LogP contribution in [0.1, 0.15) is 39.3 Å². The van der Waals surface area contributed by atoms with E-state index in [-0.39, 0.29) is 11.1 Å². The SMILES string of the molecule is CC(F)(F)c1cccc(N2CCC3(C=C(C#N)C(O)C(C)(C)C3)C2)n1. The molecule has 0 aromatic carbocycles. The maximum Gasteiger partial charge on any atom is 0.287 e. The Hall–Kier alpha value is -2.00. The van der Waals surface area contributed by atoms with Gasteiger partial charge in [0.2, 0.25) is 0 Å². The van der Waals surface area contributed by atoms with E-state index in [9.17, 15) is 19.1 Å². The maximum absolute atomic E-state index is 13.6. The van der Waals surface area contributed by atoms with Crippen molar-refractivity contribution >= 4 is 5.82 Å². The van der Waals surface area contributed by atoms with Crippen LogP contribution in [0, 0.1) is 22.2 Å². The molecule has 4 nitrogen and oxygen atoms in total. The Morgan fingerprint density at radius 1 is 1.40 bits per heavy atom. The number of hydrogen-bond acceptors (Lipinski definition) is 4. The number of rotatable bonds is 2. The molecule has 0 radical (unpaired) electrons. The van der Waals surface area contributed by atoms with E-state index in [0.717, 1.165) is 19.8 Å². The smallest absolute Gasteiger partial charge is 0.287 e. The van der Waals surface area contributed by atoms with Crippen LogP contribution in [-0.4, -0.2) is 29.3 Å². The van der Waals surface area contributed by atoms with Crippen LogP contribution in [0.15, 0.2) is 29.8 Å². The molecule has 6 heteroatoms. The van der Waals surface area contributed by atoms with Gasteiger partial charge in [-0.25, -0.2) is 4.98 Å². The number of anilines is 1. The van der Waals surface area contributed by atoms with Gasteiger partial charge in [-0.3, -0.25) is 0 Å². The highest BCUT2D eigenvalue weighted by Gasteiger charge is 2.48. The first-order chi connectivity index (χ1) is 11.6. The van der Waals surface area contributed by atoms with Gasteiger partial charge in [0, 0.05) is 25.4 Å². The minimum absolute atomic E-state index is 0.236. The Morgan fingerprint density at radius 3 is 2.76 bits per heavy atom. The molecule has 2 heterocycles. The molecule has 1 fully saturated rings. The van der Waals surface area contributed by atoms with E-state index in [1.54, 1.807) is 12.1 Å². The summed E-state index contributed by atoms with van der Waals surface area (Å²) in [5.74, 6) is -2.44. The van der Waals surface area contributed by atoms with E-state index in [0.29, 0.717) is 24.5 Å². The molecule has 25 heavy (non-hydrogen) atoms. The summed E-state index contributed by atoms with van der Waals surface area (Å²) in [7, 11) is 0. The number of aromatic nitrogens is 1. The van der Waals surface area contributed by atoms with Gasteiger partial charge in [0.25, 0.3) is 5.92 Å². The van der Waals surface area contributed by atoms with Gasteiger partial charge in [0.15, 0.2) is 0 Å². The van der Waals surface area contributed by atoms with Crippen LogP contribution in [0.25, 0.3) is 0 Å². The van der Waals surface area contributed by atoms with Crippen LogP contribution < -0.4 is 4.90 Å². The topological polar surface area (TPSA) is 60.2 Å². The normalized spacial score (nSPS) is 28.8. The van der Waals surface area contributed by atoms with Gasteiger partial charge in [0.05, 0.1) is 17.7 Å². The first-order valence-corrected chi connectivity index (χ1v) is 8.48. The molecule has 1 aromatic heterocycles. The molecule has 1 aliphatic carbocycles. The van der Waals surface area contributed by atoms with E-state index in [2.05, 4.69) is 11.1 Å². The maximum atomic E-state index is 13.6. The van der Waals surface area contributed by atoms with Crippen molar-refractivity contribution in [3.63, 3.8) is 0 Å². The number of aliphatic hydroxyl groups is 1. The van der Waals surface area contributed by atoms with Crippen molar-refractivity contribution in [2.45, 2.75) is 45.6 Å². The van der Waals surface area contributed by atoms with Crippen LogP contribution in [0.2, 0.25) is 0 Å². The summed E-state index contributed by atoms with van der Waals surface area (Å²) in [6.07, 6.45) is 2.67. The van der Waals surface area contributed by atoms with Crippen molar-refractivity contribution in [1.82, 2.24) is 4.98 Å². The molecule has 1 saturated heterocycles. The monoisotopic (exact) mass is 347 g/mol. The molecule has 3 rings (SSSR count). The lowest BCUT2D eigenvalue weighted by Gasteiger charge is -2.43. The number of halogens is 2. The Labute approximate surface area is 146 Å². The lowest BCUT2D eigenvalue weighted by molar-refractivity contribution is 0.0128. The Bertz CT molecular complexity index is 748. The van der Waals surface area contributed by atoms with Gasteiger partial charge >= 0.3 is 0 Å². The van der Waals surface area contributed by atoms with Crippen molar-refractivity contribution in [2.24, 2.45) is 10.8 Å². The summed E-state index contributed by atoms with van der Waals surface area (Å²) >= 11 is 0. The molecule has 0 amide bonds. The summed E-state index contributed by atoms with van der Waals surface area (Å²) in [6.45, 7) is 6.07. The summed E-state index contributed by atoms with van der Waals surface area (Å²) in [5, 5.41) is 19.7. The predicted molar refractivity (Wildman–Crippen MR) is 91.2 cm³/mol. The molecule has 134 valence electrons. The Kier molecular flexibility index (Phi) is 4.11. The fraction of sp³-hybridized carbons (Fsp3) is 0.579. The van der Waals surface area contributed by atoms with Crippen molar-refractivity contribution in [2.75, 3.05) is 18.0 Å². The van der Waals surface area contributed by atoms with Crippen molar-refractivity contribution in [3.8, 4) is 6.07 Å². The third-order valence-electron chi connectivity index (χ3n) is 5.33. The van der Waals surface area contributed by atoms with Crippen LogP contribution >= 0.6 is 0 Å². The standard InChI is InChI=1S/C19H23F2N3O/c1-17(2)11-19(9-13(10-22)16(17)25)7-8-24(12-19)15-6-4-5-14(23-15)18(3,20)21/h4-6,9,16,25H,7-8,11-12H2,1-3H3. The molecule has 2 aliphatic rings. The highest BCUT2D eigenvalue weighted by Crippen LogP contribution is 2.50. The van der Waals surface area contributed by atoms with Gasteiger partial charge in [-0.15, -0.1) is 0 Å². The third kappa shape index (κ3) is 3.25. The predicted octanol–water partition coefficient (Wildman–Crippen LogP) is 3.63. The van der Waals surface area contributed by atoms with Gasteiger partial charge in [0.1, 0.15) is 11.5 Å². The zero-order chi connectivity index (χ0) is 18.5. The second kappa shape index (κ2) is 5.77. The van der Waals surface area contributed by atoms with E-state index < -0.39 is 17.4 Å². The third-order valence-corrected chi connectivity index (χ3v) is 5.33. The number of nitrogens with zero attached hydrogens (tertiary/aromatic N) is 3. The lowest BCUT2D eigenvalue weighted by Crippen LogP contribution is -2.42. The largest absolute Gasteiger partial charge is 0.387 e. The second-order valence-corrected chi connectivity index (χ2v) is 8.08. The minimum atomic E-state index is -2.97. The van der Waals surface area contributed by atoms with E-state index >= 15 is 0 Å². The number of alkyl halides is 2. The van der Waals surface area contributed by atoms with Gasteiger partial charge in [-0.05, 0) is 30.4 Å². The summed E-state index contributed by atoms with van der Waals surface area (Å²) < 4.78 is 27.1. The fourth-order valence-electron chi connectivity index (χ4n) is 4.18. The van der Waals surface area contributed by atoms with Crippen LogP contribution in [-0.2, 0) is 5.92 Å². The number of aliphatic hydroxyl groups excluding tert-OH is 1. The van der Waals surface area contributed by atoms with Crippen molar-refractivity contribution in [1.29, 1.82) is 5.26 Å². The molecule has 1 spiro atoms. The fourth-order valence-corrected chi connectivity index (χ4v) is 4.18. The molecule has 1 aliphatic heterocycles. The molecular formula is C19H23F2N3O. The molecule has 2 atom stereocenters. The molecular weight excluding hydrogens is 324 g/mol. The highest BCUT2D eigenvalue weighted by molar-refractivity contribution is 5.44. The number of nitriles is 1. The molecule has 0 bridgehead atoms. The van der Waals surface area contributed by atoms with E-state index in [1.165, 1.54) is 6.07 Å². The van der Waals surface area contributed by atoms with Gasteiger partial charge in [-0.2, -0.15) is 14.0 Å². The lowest BCUT2D eigenvalue weighted by atomic mass is 9.63. The number of hydrogen-bond donors (Lipinski definition) is 1. The second-order valence-electron chi connectivity index (χ2n) is 8.08. The highest BCUT2D eigenvalue weighted by atomic mass is 19.3. The molecule has 1 aromatic rings. The van der Waals surface area contributed by atoms with Crippen molar-refractivity contribution < 1.29 is 13.9 Å². The average molecular weight is 347 g/mol. The quantitative estimate of drug-likeness (QED) is 0.887. The Morgan fingerprint density at radius 2 is 2.12 bits per heavy atom. The molecule has 1 N–H and O–H groups in total. The van der Waals surface area contributed by atoms with Gasteiger partial charge < -0.3 is 10.0 Å². The average Bonchev–Trinajstić information content (AvgIpc) is 2.93. The van der Waals surface area contributed by atoms with Crippen LogP contribution in [0.5, 0.6) is 0 Å². The summed E-state index contributed by atoms with van der Waals surface area (Å²) in [4.78, 5) is 6.13. The van der Waals surface area contributed by atoms with Crippen LogP contribution in [0.3, 0.4) is 0 Å². The minimum Gasteiger partial charge on any atom is -0.387 e. The zero-order valence-electron chi connectivity index (χ0n) is 14.8. The zero-order valence-corrected chi connectivity index (χ0v) is 14.8. The van der Waals surface area contributed by atoms with Crippen molar-refractivity contribution in [3.05, 3.63) is 35.5 Å². The Balaban J connectivity index is 1.89. The molecule has 2 unspecified atom stereocenters. The van der Waals surface area contributed by atoms with E-state index in [4.69, 9.17) is 0 Å². The summed E-state index contributed by atoms with van der Waals surface area (Å²) in [6, 6.07) is 6.80. The first kappa shape index (κ1) is 17.8. The van der Waals surface area contributed by atoms with Gasteiger partial charge in [-0.1, -0.05) is 26.0 Å². The summed E-state index contributed by atoms with van der Waals surface area (Å²) in [5.41, 5.74) is -0.472. The first-order valence-electron chi connectivity index (χ1n) is 8.48. The number of pyridine rings is 1. The van der Waals surface area contributed by atoms with Crippen LogP contribution in [0.4, 0.5) is 14.6 Å².